The van der Waals surface area contributed by atoms with Crippen molar-refractivity contribution >= 4 is 23.8 Å². The lowest BCUT2D eigenvalue weighted by molar-refractivity contribution is -0.159. The van der Waals surface area contributed by atoms with Crippen molar-refractivity contribution in [2.24, 2.45) is 5.10 Å². The Morgan fingerprint density at radius 3 is 1.93 bits per heavy atom. The number of nitrogens with zero attached hydrogens (tertiary/aromatic N) is 3. The summed E-state index contributed by atoms with van der Waals surface area (Å²) in [5.41, 5.74) is 3.66. The van der Waals surface area contributed by atoms with E-state index in [-0.39, 0.29) is 18.8 Å². The van der Waals surface area contributed by atoms with Crippen LogP contribution in [0.1, 0.15) is 43.0 Å². The number of halogens is 1. The molecule has 4 aromatic carbocycles. The summed E-state index contributed by atoms with van der Waals surface area (Å²) < 4.78 is 19.6. The Bertz CT molecular complexity index is 1570. The van der Waals surface area contributed by atoms with Crippen LogP contribution in [0.2, 0.25) is 0 Å². The van der Waals surface area contributed by atoms with Crippen molar-refractivity contribution in [3.8, 4) is 0 Å². The molecule has 0 spiro atoms. The lowest BCUT2D eigenvalue weighted by atomic mass is 10.0. The molecular weight excluding hydrogens is 541 g/mol. The zero-order valence-corrected chi connectivity index (χ0v) is 24.5. The Kier molecular flexibility index (Phi) is 8.81. The molecule has 1 aliphatic heterocycles. The second kappa shape index (κ2) is 12.9. The summed E-state index contributed by atoms with van der Waals surface area (Å²) in [6.45, 7) is 5.50. The Morgan fingerprint density at radius 1 is 0.860 bits per heavy atom. The van der Waals surface area contributed by atoms with E-state index in [9.17, 15) is 14.0 Å². The predicted octanol–water partition coefficient (Wildman–Crippen LogP) is 7.31. The van der Waals surface area contributed by atoms with Crippen LogP contribution in [0.3, 0.4) is 0 Å². The lowest BCUT2D eigenvalue weighted by Crippen LogP contribution is -2.46. The average molecular weight is 576 g/mol. The molecule has 4 aromatic rings. The Labute approximate surface area is 251 Å². The highest BCUT2D eigenvalue weighted by molar-refractivity contribution is 6.13. The number of ether oxygens (including phenoxy) is 1. The van der Waals surface area contributed by atoms with Crippen LogP contribution in [-0.4, -0.2) is 45.8 Å². The lowest BCUT2D eigenvalue weighted by Gasteiger charge is -2.30. The third kappa shape index (κ3) is 7.43. The van der Waals surface area contributed by atoms with Crippen molar-refractivity contribution in [2.45, 2.75) is 38.8 Å². The van der Waals surface area contributed by atoms with Crippen molar-refractivity contribution in [3.05, 3.63) is 149 Å². The molecule has 1 fully saturated rings. The van der Waals surface area contributed by atoms with E-state index < -0.39 is 23.6 Å². The number of urea groups is 1. The summed E-state index contributed by atoms with van der Waals surface area (Å²) in [4.78, 5) is 29.5. The molecule has 2 amide bonds. The van der Waals surface area contributed by atoms with Gasteiger partial charge in [-0.25, -0.2) is 19.0 Å². The maximum absolute atomic E-state index is 14.3. The first-order valence-corrected chi connectivity index (χ1v) is 14.2. The minimum atomic E-state index is -0.960. The molecule has 6 nitrogen and oxygen atoms in total. The number of esters is 1. The number of carbonyl (C=O) groups excluding carboxylic acids is 2. The summed E-state index contributed by atoms with van der Waals surface area (Å²) in [5, 5.41) is 6.26. The summed E-state index contributed by atoms with van der Waals surface area (Å²) >= 11 is 0. The Hall–Kier alpha value is -5.04. The van der Waals surface area contributed by atoms with Gasteiger partial charge in [0.25, 0.3) is 0 Å². The number of hydrogen-bond acceptors (Lipinski definition) is 4. The summed E-state index contributed by atoms with van der Waals surface area (Å²) in [6.07, 6.45) is 2.03. The van der Waals surface area contributed by atoms with E-state index in [1.165, 1.54) is 22.0 Å². The fraction of sp³-hybridized carbons (Fsp3) is 0.194. The average Bonchev–Trinajstić information content (AvgIpc) is 3.30. The number of hydrogen-bond donors (Lipinski definition) is 0. The molecule has 218 valence electrons. The second-order valence-corrected chi connectivity index (χ2v) is 11.3. The quantitative estimate of drug-likeness (QED) is 0.164. The molecule has 0 aliphatic carbocycles. The van der Waals surface area contributed by atoms with Crippen LogP contribution in [0.15, 0.2) is 126 Å². The number of rotatable bonds is 8. The largest absolute Gasteiger partial charge is 0.458 e. The molecule has 0 radical (unpaired) electrons. The third-order valence-electron chi connectivity index (χ3n) is 6.83. The molecule has 1 atom stereocenters. The molecule has 0 unspecified atom stereocenters. The normalized spacial score (nSPS) is 15.0. The predicted molar refractivity (Wildman–Crippen MR) is 167 cm³/mol. The monoisotopic (exact) mass is 575 g/mol. The van der Waals surface area contributed by atoms with Gasteiger partial charge in [0, 0.05) is 23.2 Å². The van der Waals surface area contributed by atoms with Crippen LogP contribution in [0.4, 0.5) is 9.18 Å². The van der Waals surface area contributed by atoms with Gasteiger partial charge in [-0.1, -0.05) is 103 Å². The first kappa shape index (κ1) is 29.5. The van der Waals surface area contributed by atoms with Crippen molar-refractivity contribution in [1.82, 2.24) is 9.91 Å². The fourth-order valence-corrected chi connectivity index (χ4v) is 4.90. The third-order valence-corrected chi connectivity index (χ3v) is 6.83. The minimum absolute atomic E-state index is 0.105. The van der Waals surface area contributed by atoms with Crippen LogP contribution in [0.5, 0.6) is 0 Å². The highest BCUT2D eigenvalue weighted by atomic mass is 19.1. The van der Waals surface area contributed by atoms with E-state index >= 15 is 0 Å². The van der Waals surface area contributed by atoms with Crippen LogP contribution < -0.4 is 0 Å². The van der Waals surface area contributed by atoms with Crippen molar-refractivity contribution in [2.75, 3.05) is 6.54 Å². The first-order chi connectivity index (χ1) is 20.7. The maximum Gasteiger partial charge on any atom is 0.345 e. The molecule has 0 bridgehead atoms. The van der Waals surface area contributed by atoms with Gasteiger partial charge in [-0.3, -0.25) is 4.90 Å². The number of hydrazone groups is 1. The first-order valence-electron chi connectivity index (χ1n) is 14.2. The fourth-order valence-electron chi connectivity index (χ4n) is 4.90. The smallest absolute Gasteiger partial charge is 0.345 e. The molecule has 0 saturated carbocycles. The van der Waals surface area contributed by atoms with Crippen molar-refractivity contribution in [3.63, 3.8) is 0 Å². The Morgan fingerprint density at radius 2 is 1.40 bits per heavy atom. The van der Waals surface area contributed by atoms with Gasteiger partial charge in [-0.15, -0.1) is 0 Å². The van der Waals surface area contributed by atoms with E-state index in [1.54, 1.807) is 39.0 Å². The van der Waals surface area contributed by atoms with Gasteiger partial charge in [0.15, 0.2) is 0 Å². The minimum Gasteiger partial charge on any atom is -0.458 e. The second-order valence-electron chi connectivity index (χ2n) is 11.3. The Balaban J connectivity index is 1.62. The molecule has 1 heterocycles. The van der Waals surface area contributed by atoms with Gasteiger partial charge in [0.2, 0.25) is 0 Å². The number of benzene rings is 4. The molecule has 1 saturated heterocycles. The SMILES string of the molecule is CC(C)(C)OC(=O)[C@@H](Cc1ccccc1)N1C(=O)N(N=C(c2ccccc2)c2ccccc2)C/C1=C\c1ccc(F)cc1. The van der Waals surface area contributed by atoms with Gasteiger partial charge < -0.3 is 4.74 Å². The van der Waals surface area contributed by atoms with E-state index in [4.69, 9.17) is 9.84 Å². The summed E-state index contributed by atoms with van der Waals surface area (Å²) in [5.74, 6) is -0.884. The topological polar surface area (TPSA) is 62.2 Å². The van der Waals surface area contributed by atoms with Crippen LogP contribution in [-0.2, 0) is 16.0 Å². The number of amides is 2. The van der Waals surface area contributed by atoms with Gasteiger partial charge in [0.05, 0.1) is 12.3 Å². The highest BCUT2D eigenvalue weighted by Crippen LogP contribution is 2.29. The molecule has 43 heavy (non-hydrogen) atoms. The maximum atomic E-state index is 14.3. The van der Waals surface area contributed by atoms with Crippen LogP contribution in [0.25, 0.3) is 6.08 Å². The highest BCUT2D eigenvalue weighted by Gasteiger charge is 2.43. The van der Waals surface area contributed by atoms with Gasteiger partial charge >= 0.3 is 12.0 Å². The molecule has 1 aliphatic rings. The van der Waals surface area contributed by atoms with Crippen LogP contribution in [0, 0.1) is 5.82 Å². The van der Waals surface area contributed by atoms with Gasteiger partial charge in [-0.2, -0.15) is 5.10 Å². The zero-order chi connectivity index (χ0) is 30.4. The van der Waals surface area contributed by atoms with Crippen molar-refractivity contribution in [1.29, 1.82) is 0 Å². The standard InChI is InChI=1S/C36H34FN3O3/c1-36(2,3)43-34(41)32(24-26-13-7-4-8-14-26)40-31(23-27-19-21-30(37)22-20-27)25-39(35(40)42)38-33(28-15-9-5-10-16-28)29-17-11-6-12-18-29/h4-23,32H,24-25H2,1-3H3/b31-23+/t32-/m1/s1. The van der Waals surface area contributed by atoms with E-state index in [2.05, 4.69) is 0 Å². The molecule has 7 heteroatoms. The van der Waals surface area contributed by atoms with E-state index in [0.29, 0.717) is 17.0 Å². The molecular formula is C36H34FN3O3. The molecule has 0 N–H and O–H groups in total. The molecule has 0 aromatic heterocycles. The molecule has 5 rings (SSSR count). The van der Waals surface area contributed by atoms with Crippen LogP contribution >= 0.6 is 0 Å². The summed E-state index contributed by atoms with van der Waals surface area (Å²) in [6, 6.07) is 33.4. The zero-order valence-electron chi connectivity index (χ0n) is 24.5. The van der Waals surface area contributed by atoms with Gasteiger partial charge in [0.1, 0.15) is 17.5 Å². The van der Waals surface area contributed by atoms with E-state index in [1.807, 2.05) is 91.0 Å². The van der Waals surface area contributed by atoms with Gasteiger partial charge in [-0.05, 0) is 50.1 Å². The number of carbonyl (C=O) groups is 2. The van der Waals surface area contributed by atoms with E-state index in [0.717, 1.165) is 16.7 Å². The summed E-state index contributed by atoms with van der Waals surface area (Å²) in [7, 11) is 0. The van der Waals surface area contributed by atoms with Crippen molar-refractivity contribution < 1.29 is 18.7 Å².